The normalized spacial score (nSPS) is 8.64. The summed E-state index contributed by atoms with van der Waals surface area (Å²) in [5.41, 5.74) is 2.13. The van der Waals surface area contributed by atoms with E-state index in [2.05, 4.69) is 16.8 Å². The van der Waals surface area contributed by atoms with E-state index in [1.165, 1.54) is 0 Å². The molecular formula is C11H9ClN2. The van der Waals surface area contributed by atoms with Crippen molar-refractivity contribution in [3.63, 3.8) is 0 Å². The van der Waals surface area contributed by atoms with Crippen LogP contribution in [0, 0.1) is 30.1 Å². The average molecular weight is 205 g/mol. The van der Waals surface area contributed by atoms with Gasteiger partial charge < -0.3 is 0 Å². The topological polar surface area (TPSA) is 36.7 Å². The van der Waals surface area contributed by atoms with E-state index < -0.39 is 0 Å². The zero-order valence-corrected chi connectivity index (χ0v) is 8.60. The van der Waals surface area contributed by atoms with Crippen molar-refractivity contribution in [2.45, 2.75) is 13.3 Å². The Morgan fingerprint density at radius 3 is 2.93 bits per heavy atom. The Kier molecular flexibility index (Phi) is 3.98. The minimum atomic E-state index is 0.452. The van der Waals surface area contributed by atoms with Gasteiger partial charge in [0.15, 0.2) is 0 Å². The molecule has 2 nitrogen and oxygen atoms in total. The molecule has 0 radical (unpaired) electrons. The Balaban J connectivity index is 2.89. The summed E-state index contributed by atoms with van der Waals surface area (Å²) >= 11 is 5.49. The van der Waals surface area contributed by atoms with Crippen LogP contribution in [0.1, 0.15) is 23.2 Å². The zero-order valence-electron chi connectivity index (χ0n) is 7.84. The van der Waals surface area contributed by atoms with E-state index >= 15 is 0 Å². The highest BCUT2D eigenvalue weighted by molar-refractivity contribution is 6.18. The van der Waals surface area contributed by atoms with Crippen molar-refractivity contribution in [3.05, 3.63) is 29.1 Å². The summed E-state index contributed by atoms with van der Waals surface area (Å²) in [6.07, 6.45) is 2.27. The van der Waals surface area contributed by atoms with Crippen LogP contribution in [-0.2, 0) is 0 Å². The minimum Gasteiger partial charge on any atom is -0.244 e. The smallest absolute Gasteiger partial charge is 0.143 e. The summed E-state index contributed by atoms with van der Waals surface area (Å²) in [6.45, 7) is 1.85. The summed E-state index contributed by atoms with van der Waals surface area (Å²) in [4.78, 5) is 3.98. The van der Waals surface area contributed by atoms with Gasteiger partial charge in [-0.1, -0.05) is 11.8 Å². The molecule has 0 spiro atoms. The van der Waals surface area contributed by atoms with Crippen LogP contribution in [0.3, 0.4) is 0 Å². The first-order valence-corrected chi connectivity index (χ1v) is 4.73. The van der Waals surface area contributed by atoms with Crippen LogP contribution < -0.4 is 0 Å². The fourth-order valence-electron chi connectivity index (χ4n) is 0.972. The standard InChI is InChI=1S/C11H9ClN2/c1-9-6-10(4-2-3-5-12)8-14-11(9)7-13/h6,8H,3,5H2,1H3. The number of pyridine rings is 1. The molecule has 70 valence electrons. The SMILES string of the molecule is Cc1cc(C#CCCCl)cnc1C#N. The Morgan fingerprint density at radius 2 is 2.36 bits per heavy atom. The largest absolute Gasteiger partial charge is 0.244 e. The summed E-state index contributed by atoms with van der Waals surface area (Å²) in [6, 6.07) is 3.86. The first-order chi connectivity index (χ1) is 6.77. The Labute approximate surface area is 88.5 Å². The van der Waals surface area contributed by atoms with Gasteiger partial charge in [-0.05, 0) is 18.6 Å². The van der Waals surface area contributed by atoms with E-state index in [0.29, 0.717) is 18.0 Å². The maximum absolute atomic E-state index is 8.66. The number of hydrogen-bond acceptors (Lipinski definition) is 2. The molecule has 0 fully saturated rings. The van der Waals surface area contributed by atoms with Gasteiger partial charge in [-0.2, -0.15) is 5.26 Å². The van der Waals surface area contributed by atoms with Gasteiger partial charge in [-0.3, -0.25) is 0 Å². The fraction of sp³-hybridized carbons (Fsp3) is 0.273. The van der Waals surface area contributed by atoms with Crippen LogP contribution in [0.25, 0.3) is 0 Å². The van der Waals surface area contributed by atoms with Crippen LogP contribution in [-0.4, -0.2) is 10.9 Å². The van der Waals surface area contributed by atoms with Crippen LogP contribution in [0.15, 0.2) is 12.3 Å². The lowest BCUT2D eigenvalue weighted by molar-refractivity contribution is 1.20. The van der Waals surface area contributed by atoms with Crippen LogP contribution in [0.5, 0.6) is 0 Å². The van der Waals surface area contributed by atoms with Gasteiger partial charge in [0.05, 0.1) is 0 Å². The van der Waals surface area contributed by atoms with Gasteiger partial charge in [0.1, 0.15) is 11.8 Å². The minimum absolute atomic E-state index is 0.452. The monoisotopic (exact) mass is 204 g/mol. The number of alkyl halides is 1. The number of aromatic nitrogens is 1. The molecule has 0 N–H and O–H groups in total. The lowest BCUT2D eigenvalue weighted by Gasteiger charge is -1.95. The molecule has 1 aromatic rings. The van der Waals surface area contributed by atoms with Crippen molar-refractivity contribution in [2.75, 3.05) is 5.88 Å². The third kappa shape index (κ3) is 2.76. The number of nitriles is 1. The lowest BCUT2D eigenvalue weighted by atomic mass is 10.1. The summed E-state index contributed by atoms with van der Waals surface area (Å²) in [5.74, 6) is 6.38. The summed E-state index contributed by atoms with van der Waals surface area (Å²) in [7, 11) is 0. The van der Waals surface area contributed by atoms with E-state index in [0.717, 1.165) is 11.1 Å². The Hall–Kier alpha value is -1.51. The number of halogens is 1. The highest BCUT2D eigenvalue weighted by Crippen LogP contribution is 2.05. The second-order valence-electron chi connectivity index (χ2n) is 2.74. The molecule has 14 heavy (non-hydrogen) atoms. The maximum Gasteiger partial charge on any atom is 0.143 e. The lowest BCUT2D eigenvalue weighted by Crippen LogP contribution is -1.89. The third-order valence-electron chi connectivity index (χ3n) is 1.64. The molecule has 0 saturated heterocycles. The van der Waals surface area contributed by atoms with E-state index in [1.807, 2.05) is 19.1 Å². The Morgan fingerprint density at radius 1 is 1.57 bits per heavy atom. The summed E-state index contributed by atoms with van der Waals surface area (Å²) in [5, 5.41) is 8.66. The molecule has 0 aliphatic rings. The second kappa shape index (κ2) is 5.27. The molecule has 3 heteroatoms. The van der Waals surface area contributed by atoms with Gasteiger partial charge in [-0.15, -0.1) is 11.6 Å². The molecule has 0 atom stereocenters. The van der Waals surface area contributed by atoms with Crippen molar-refractivity contribution < 1.29 is 0 Å². The zero-order chi connectivity index (χ0) is 10.4. The molecule has 0 aliphatic heterocycles. The molecule has 0 aliphatic carbocycles. The molecule has 0 amide bonds. The number of hydrogen-bond donors (Lipinski definition) is 0. The predicted octanol–water partition coefficient (Wildman–Crippen LogP) is 2.24. The van der Waals surface area contributed by atoms with Crippen molar-refractivity contribution >= 4 is 11.6 Å². The van der Waals surface area contributed by atoms with Crippen molar-refractivity contribution in [1.29, 1.82) is 5.26 Å². The van der Waals surface area contributed by atoms with Crippen LogP contribution >= 0.6 is 11.6 Å². The van der Waals surface area contributed by atoms with Gasteiger partial charge in [0.25, 0.3) is 0 Å². The highest BCUT2D eigenvalue weighted by Gasteiger charge is 1.97. The quantitative estimate of drug-likeness (QED) is 0.520. The van der Waals surface area contributed by atoms with Crippen molar-refractivity contribution in [2.24, 2.45) is 0 Å². The van der Waals surface area contributed by atoms with Gasteiger partial charge in [0.2, 0.25) is 0 Å². The number of aryl methyl sites for hydroxylation is 1. The van der Waals surface area contributed by atoms with Crippen molar-refractivity contribution in [1.82, 2.24) is 4.98 Å². The van der Waals surface area contributed by atoms with E-state index in [1.54, 1.807) is 6.20 Å². The van der Waals surface area contributed by atoms with E-state index in [-0.39, 0.29) is 0 Å². The first kappa shape index (κ1) is 10.6. The molecule has 1 rings (SSSR count). The average Bonchev–Trinajstić information content (AvgIpc) is 2.18. The molecule has 1 heterocycles. The highest BCUT2D eigenvalue weighted by atomic mass is 35.5. The van der Waals surface area contributed by atoms with Crippen LogP contribution in [0.2, 0.25) is 0 Å². The molecule has 1 aromatic heterocycles. The van der Waals surface area contributed by atoms with Gasteiger partial charge in [-0.25, -0.2) is 4.98 Å². The third-order valence-corrected chi connectivity index (χ3v) is 1.83. The number of rotatable bonds is 1. The molecule has 0 bridgehead atoms. The van der Waals surface area contributed by atoms with Gasteiger partial charge >= 0.3 is 0 Å². The van der Waals surface area contributed by atoms with Crippen LogP contribution in [0.4, 0.5) is 0 Å². The summed E-state index contributed by atoms with van der Waals surface area (Å²) < 4.78 is 0. The van der Waals surface area contributed by atoms with E-state index in [4.69, 9.17) is 16.9 Å². The molecule has 0 unspecified atom stereocenters. The van der Waals surface area contributed by atoms with Gasteiger partial charge in [0, 0.05) is 24.1 Å². The number of nitrogens with zero attached hydrogens (tertiary/aromatic N) is 2. The molecule has 0 saturated carbocycles. The Bertz CT molecular complexity index is 421. The van der Waals surface area contributed by atoms with Crippen molar-refractivity contribution in [3.8, 4) is 17.9 Å². The van der Waals surface area contributed by atoms with E-state index in [9.17, 15) is 0 Å². The fourth-order valence-corrected chi connectivity index (χ4v) is 1.07. The second-order valence-corrected chi connectivity index (χ2v) is 3.12. The predicted molar refractivity (Wildman–Crippen MR) is 55.9 cm³/mol. The first-order valence-electron chi connectivity index (χ1n) is 4.19. The maximum atomic E-state index is 8.66. The molecular weight excluding hydrogens is 196 g/mol. The molecule has 0 aromatic carbocycles.